The Morgan fingerprint density at radius 1 is 1.44 bits per heavy atom. The van der Waals surface area contributed by atoms with E-state index in [0.717, 1.165) is 17.6 Å². The maximum absolute atomic E-state index is 5.55. The predicted molar refractivity (Wildman–Crippen MR) is 72.0 cm³/mol. The highest BCUT2D eigenvalue weighted by Gasteiger charge is 2.13. The molecule has 5 heteroatoms. The Balaban J connectivity index is 2.20. The van der Waals surface area contributed by atoms with Gasteiger partial charge in [0.2, 0.25) is 0 Å². The van der Waals surface area contributed by atoms with Crippen molar-refractivity contribution in [1.82, 2.24) is 15.2 Å². The van der Waals surface area contributed by atoms with Crippen LogP contribution in [-0.4, -0.2) is 29.0 Å². The Hall–Kier alpha value is -1.43. The number of aryl methyl sites for hydroxylation is 1. The number of benzene rings is 1. The van der Waals surface area contributed by atoms with Crippen LogP contribution in [0.3, 0.4) is 0 Å². The highest BCUT2D eigenvalue weighted by atomic mass is 16.5. The normalized spacial score (nSPS) is 13.1. The Bertz CT molecular complexity index is 509. The van der Waals surface area contributed by atoms with Gasteiger partial charge in [-0.25, -0.2) is 0 Å². The van der Waals surface area contributed by atoms with Crippen molar-refractivity contribution < 1.29 is 4.74 Å². The van der Waals surface area contributed by atoms with E-state index in [1.165, 1.54) is 5.39 Å². The Labute approximate surface area is 107 Å². The summed E-state index contributed by atoms with van der Waals surface area (Å²) in [5, 5.41) is 5.73. The first-order valence-corrected chi connectivity index (χ1v) is 6.20. The van der Waals surface area contributed by atoms with E-state index in [4.69, 9.17) is 10.6 Å². The topological polar surface area (TPSA) is 65.1 Å². The van der Waals surface area contributed by atoms with Crippen LogP contribution in [-0.2, 0) is 18.2 Å². The Morgan fingerprint density at radius 3 is 2.94 bits per heavy atom. The molecule has 0 aliphatic carbocycles. The molecule has 1 aromatic heterocycles. The molecule has 1 atom stereocenters. The number of nitrogens with one attached hydrogen (secondary N) is 1. The number of hydrogen-bond acceptors (Lipinski definition) is 4. The second-order valence-corrected chi connectivity index (χ2v) is 4.31. The third-order valence-electron chi connectivity index (χ3n) is 3.03. The summed E-state index contributed by atoms with van der Waals surface area (Å²) in [5.41, 5.74) is 4.98. The standard InChI is InChI=1S/C13H20N4O/c1-3-18-9-10(15-14)8-12-11-6-4-5-7-13(11)17(2)16-12/h4-7,10,15H,3,8-9,14H2,1-2H3. The van der Waals surface area contributed by atoms with Gasteiger partial charge in [0.15, 0.2) is 0 Å². The second-order valence-electron chi connectivity index (χ2n) is 4.31. The summed E-state index contributed by atoms with van der Waals surface area (Å²) in [7, 11) is 1.96. The van der Waals surface area contributed by atoms with Gasteiger partial charge < -0.3 is 4.74 Å². The number of aromatic nitrogens is 2. The first-order valence-electron chi connectivity index (χ1n) is 6.20. The first-order chi connectivity index (χ1) is 8.76. The number of nitrogens with zero attached hydrogens (tertiary/aromatic N) is 2. The molecule has 0 aliphatic rings. The van der Waals surface area contributed by atoms with Crippen LogP contribution >= 0.6 is 0 Å². The number of hydrazine groups is 1. The Morgan fingerprint density at radius 2 is 2.22 bits per heavy atom. The van der Waals surface area contributed by atoms with Crippen LogP contribution in [0.15, 0.2) is 24.3 Å². The third-order valence-corrected chi connectivity index (χ3v) is 3.03. The molecule has 0 bridgehead atoms. The van der Waals surface area contributed by atoms with Gasteiger partial charge in [0, 0.05) is 25.5 Å². The average molecular weight is 248 g/mol. The lowest BCUT2D eigenvalue weighted by molar-refractivity contribution is 0.122. The maximum atomic E-state index is 5.55. The second kappa shape index (κ2) is 5.95. The van der Waals surface area contributed by atoms with E-state index < -0.39 is 0 Å². The molecule has 2 rings (SSSR count). The first kappa shape index (κ1) is 13.0. The molecule has 5 nitrogen and oxygen atoms in total. The molecule has 18 heavy (non-hydrogen) atoms. The fourth-order valence-corrected chi connectivity index (χ4v) is 2.10. The van der Waals surface area contributed by atoms with Crippen molar-refractivity contribution in [2.24, 2.45) is 12.9 Å². The summed E-state index contributed by atoms with van der Waals surface area (Å²) >= 11 is 0. The monoisotopic (exact) mass is 248 g/mol. The average Bonchev–Trinajstić information content (AvgIpc) is 2.72. The van der Waals surface area contributed by atoms with E-state index in [-0.39, 0.29) is 6.04 Å². The summed E-state index contributed by atoms with van der Waals surface area (Å²) < 4.78 is 7.30. The van der Waals surface area contributed by atoms with Crippen LogP contribution in [0.1, 0.15) is 12.6 Å². The zero-order valence-corrected chi connectivity index (χ0v) is 10.9. The molecule has 2 aromatic rings. The number of para-hydroxylation sites is 1. The number of fused-ring (bicyclic) bond motifs is 1. The molecular weight excluding hydrogens is 228 g/mol. The van der Waals surface area contributed by atoms with Gasteiger partial charge in [-0.1, -0.05) is 18.2 Å². The van der Waals surface area contributed by atoms with Crippen LogP contribution in [0.25, 0.3) is 10.9 Å². The molecule has 0 fully saturated rings. The quantitative estimate of drug-likeness (QED) is 0.591. The van der Waals surface area contributed by atoms with Crippen molar-refractivity contribution in [2.75, 3.05) is 13.2 Å². The highest BCUT2D eigenvalue weighted by Crippen LogP contribution is 2.18. The lowest BCUT2D eigenvalue weighted by Crippen LogP contribution is -2.40. The lowest BCUT2D eigenvalue weighted by atomic mass is 10.1. The molecule has 1 unspecified atom stereocenters. The molecule has 0 amide bonds. The minimum absolute atomic E-state index is 0.0863. The summed E-state index contributed by atoms with van der Waals surface area (Å²) in [6.07, 6.45) is 0.762. The number of rotatable bonds is 6. The van der Waals surface area contributed by atoms with E-state index in [2.05, 4.69) is 22.7 Å². The highest BCUT2D eigenvalue weighted by molar-refractivity contribution is 5.81. The van der Waals surface area contributed by atoms with Gasteiger partial charge >= 0.3 is 0 Å². The molecule has 0 saturated carbocycles. The maximum Gasteiger partial charge on any atom is 0.0720 e. The van der Waals surface area contributed by atoms with Gasteiger partial charge in [0.25, 0.3) is 0 Å². The van der Waals surface area contributed by atoms with Crippen LogP contribution in [0.5, 0.6) is 0 Å². The number of ether oxygens (including phenoxy) is 1. The molecule has 0 aliphatic heterocycles. The molecular formula is C13H20N4O. The minimum Gasteiger partial charge on any atom is -0.380 e. The SMILES string of the molecule is CCOCC(Cc1nn(C)c2ccccc12)NN. The van der Waals surface area contributed by atoms with Crippen molar-refractivity contribution in [3.05, 3.63) is 30.0 Å². The van der Waals surface area contributed by atoms with E-state index in [0.29, 0.717) is 13.2 Å². The zero-order chi connectivity index (χ0) is 13.0. The van der Waals surface area contributed by atoms with Crippen LogP contribution in [0.4, 0.5) is 0 Å². The van der Waals surface area contributed by atoms with Crippen LogP contribution in [0.2, 0.25) is 0 Å². The number of nitrogens with two attached hydrogens (primary N) is 1. The molecule has 1 aromatic carbocycles. The van der Waals surface area contributed by atoms with Crippen molar-refractivity contribution >= 4 is 10.9 Å². The molecule has 0 spiro atoms. The zero-order valence-electron chi connectivity index (χ0n) is 10.9. The van der Waals surface area contributed by atoms with Crippen molar-refractivity contribution in [2.45, 2.75) is 19.4 Å². The van der Waals surface area contributed by atoms with Crippen molar-refractivity contribution in [1.29, 1.82) is 0 Å². The van der Waals surface area contributed by atoms with Crippen LogP contribution in [0, 0.1) is 0 Å². The fourth-order valence-electron chi connectivity index (χ4n) is 2.10. The van der Waals surface area contributed by atoms with Gasteiger partial charge in [-0.3, -0.25) is 16.0 Å². The lowest BCUT2D eigenvalue weighted by Gasteiger charge is -2.14. The summed E-state index contributed by atoms with van der Waals surface area (Å²) in [6.45, 7) is 3.27. The van der Waals surface area contributed by atoms with Gasteiger partial charge in [0.1, 0.15) is 0 Å². The van der Waals surface area contributed by atoms with Gasteiger partial charge in [-0.2, -0.15) is 5.10 Å². The minimum atomic E-state index is 0.0863. The molecule has 1 heterocycles. The van der Waals surface area contributed by atoms with Crippen molar-refractivity contribution in [3.8, 4) is 0 Å². The van der Waals surface area contributed by atoms with E-state index in [1.807, 2.05) is 30.8 Å². The fraction of sp³-hybridized carbons (Fsp3) is 0.462. The number of hydrogen-bond donors (Lipinski definition) is 2. The molecule has 3 N–H and O–H groups in total. The van der Waals surface area contributed by atoms with Gasteiger partial charge in [-0.05, 0) is 13.0 Å². The third kappa shape index (κ3) is 2.69. The van der Waals surface area contributed by atoms with Crippen molar-refractivity contribution in [3.63, 3.8) is 0 Å². The van der Waals surface area contributed by atoms with Crippen LogP contribution < -0.4 is 11.3 Å². The Kier molecular flexibility index (Phi) is 4.30. The van der Waals surface area contributed by atoms with E-state index in [1.54, 1.807) is 0 Å². The summed E-state index contributed by atoms with van der Waals surface area (Å²) in [6, 6.07) is 8.29. The smallest absolute Gasteiger partial charge is 0.0720 e. The van der Waals surface area contributed by atoms with Gasteiger partial charge in [0.05, 0.1) is 23.9 Å². The van der Waals surface area contributed by atoms with E-state index >= 15 is 0 Å². The largest absolute Gasteiger partial charge is 0.380 e. The van der Waals surface area contributed by atoms with Gasteiger partial charge in [-0.15, -0.1) is 0 Å². The molecule has 0 radical (unpaired) electrons. The predicted octanol–water partition coefficient (Wildman–Crippen LogP) is 0.984. The van der Waals surface area contributed by atoms with E-state index in [9.17, 15) is 0 Å². The summed E-state index contributed by atoms with van der Waals surface area (Å²) in [5.74, 6) is 5.55. The molecule has 0 saturated heterocycles. The summed E-state index contributed by atoms with van der Waals surface area (Å²) in [4.78, 5) is 0. The molecule has 98 valence electrons.